The van der Waals surface area contributed by atoms with Gasteiger partial charge in [0.15, 0.2) is 0 Å². The Morgan fingerprint density at radius 1 is 1.33 bits per heavy atom. The first-order valence-electron chi connectivity index (χ1n) is 5.10. The Bertz CT molecular complexity index is 161. The van der Waals surface area contributed by atoms with Crippen molar-refractivity contribution >= 4 is 0 Å². The van der Waals surface area contributed by atoms with Crippen molar-refractivity contribution < 1.29 is 5.11 Å². The largest absolute Gasteiger partial charge is 0.393 e. The van der Waals surface area contributed by atoms with Gasteiger partial charge in [-0.25, -0.2) is 0 Å². The van der Waals surface area contributed by atoms with Crippen molar-refractivity contribution in [2.24, 2.45) is 29.4 Å². The molecule has 0 saturated heterocycles. The molecule has 2 aliphatic rings. The average molecular weight is 169 g/mol. The minimum atomic E-state index is -0.136. The van der Waals surface area contributed by atoms with Crippen LogP contribution in [-0.2, 0) is 0 Å². The first-order valence-corrected chi connectivity index (χ1v) is 5.10. The van der Waals surface area contributed by atoms with E-state index >= 15 is 0 Å². The molecule has 12 heavy (non-hydrogen) atoms. The summed E-state index contributed by atoms with van der Waals surface area (Å²) in [6, 6.07) is 0. The normalized spacial score (nSPS) is 43.8. The van der Waals surface area contributed by atoms with Gasteiger partial charge in [-0.15, -0.1) is 0 Å². The van der Waals surface area contributed by atoms with Crippen LogP contribution in [0.1, 0.15) is 26.2 Å². The van der Waals surface area contributed by atoms with E-state index in [-0.39, 0.29) is 12.0 Å². The summed E-state index contributed by atoms with van der Waals surface area (Å²) >= 11 is 0. The van der Waals surface area contributed by atoms with Gasteiger partial charge in [0.25, 0.3) is 0 Å². The molecule has 0 aliphatic heterocycles. The zero-order chi connectivity index (χ0) is 8.72. The van der Waals surface area contributed by atoms with E-state index in [1.54, 1.807) is 0 Å². The van der Waals surface area contributed by atoms with Gasteiger partial charge < -0.3 is 10.8 Å². The molecule has 0 spiro atoms. The second-order valence-electron chi connectivity index (χ2n) is 4.69. The molecule has 0 bridgehead atoms. The highest BCUT2D eigenvalue weighted by Crippen LogP contribution is 2.55. The van der Waals surface area contributed by atoms with E-state index < -0.39 is 0 Å². The minimum Gasteiger partial charge on any atom is -0.393 e. The van der Waals surface area contributed by atoms with E-state index in [0.717, 1.165) is 11.8 Å². The molecular formula is C10H19NO. The molecule has 0 amide bonds. The zero-order valence-corrected chi connectivity index (χ0v) is 7.74. The van der Waals surface area contributed by atoms with Crippen molar-refractivity contribution in [1.29, 1.82) is 0 Å². The van der Waals surface area contributed by atoms with Crippen molar-refractivity contribution in [1.82, 2.24) is 0 Å². The minimum absolute atomic E-state index is 0.136. The summed E-state index contributed by atoms with van der Waals surface area (Å²) in [5.41, 5.74) is 5.53. The maximum Gasteiger partial charge on any atom is 0.0606 e. The van der Waals surface area contributed by atoms with E-state index in [2.05, 4.69) is 6.92 Å². The first-order chi connectivity index (χ1) is 5.72. The van der Waals surface area contributed by atoms with Crippen LogP contribution >= 0.6 is 0 Å². The van der Waals surface area contributed by atoms with Gasteiger partial charge in [-0.1, -0.05) is 6.92 Å². The van der Waals surface area contributed by atoms with Crippen LogP contribution in [0.2, 0.25) is 0 Å². The molecule has 2 heteroatoms. The molecule has 4 unspecified atom stereocenters. The van der Waals surface area contributed by atoms with Crippen molar-refractivity contribution in [3.8, 4) is 0 Å². The topological polar surface area (TPSA) is 46.2 Å². The van der Waals surface area contributed by atoms with Gasteiger partial charge in [-0.3, -0.25) is 0 Å². The molecular weight excluding hydrogens is 150 g/mol. The van der Waals surface area contributed by atoms with Gasteiger partial charge in [0.05, 0.1) is 6.10 Å². The number of nitrogens with two attached hydrogens (primary N) is 1. The lowest BCUT2D eigenvalue weighted by Crippen LogP contribution is -2.31. The fourth-order valence-corrected chi connectivity index (χ4v) is 2.64. The molecule has 0 aromatic carbocycles. The lowest BCUT2D eigenvalue weighted by Gasteiger charge is -2.24. The van der Waals surface area contributed by atoms with Crippen LogP contribution in [0.5, 0.6) is 0 Å². The summed E-state index contributed by atoms with van der Waals surface area (Å²) < 4.78 is 0. The maximum absolute atomic E-state index is 9.88. The molecule has 3 N–H and O–H groups in total. The quantitative estimate of drug-likeness (QED) is 0.661. The highest BCUT2D eigenvalue weighted by molar-refractivity contribution is 4.98. The average Bonchev–Trinajstić information content (AvgIpc) is 2.71. The van der Waals surface area contributed by atoms with Gasteiger partial charge in [0, 0.05) is 0 Å². The van der Waals surface area contributed by atoms with Gasteiger partial charge in [-0.05, 0) is 49.5 Å². The van der Waals surface area contributed by atoms with Crippen molar-refractivity contribution in [3.05, 3.63) is 0 Å². The number of fused-ring (bicyclic) bond motifs is 1. The number of rotatable bonds is 3. The molecule has 0 radical (unpaired) electrons. The molecule has 70 valence electrons. The van der Waals surface area contributed by atoms with Gasteiger partial charge in [-0.2, -0.15) is 0 Å². The Morgan fingerprint density at radius 3 is 2.42 bits per heavy atom. The van der Waals surface area contributed by atoms with E-state index in [1.807, 2.05) is 0 Å². The van der Waals surface area contributed by atoms with E-state index in [4.69, 9.17) is 5.73 Å². The van der Waals surface area contributed by atoms with Crippen LogP contribution in [0.25, 0.3) is 0 Å². The Morgan fingerprint density at radius 2 is 1.92 bits per heavy atom. The van der Waals surface area contributed by atoms with Gasteiger partial charge >= 0.3 is 0 Å². The molecule has 2 saturated carbocycles. The zero-order valence-electron chi connectivity index (χ0n) is 7.74. The number of aliphatic hydroxyl groups is 1. The summed E-state index contributed by atoms with van der Waals surface area (Å²) in [6.07, 6.45) is 3.81. The first kappa shape index (κ1) is 8.52. The van der Waals surface area contributed by atoms with Gasteiger partial charge in [0.1, 0.15) is 0 Å². The third-order valence-corrected chi connectivity index (χ3v) is 3.72. The van der Waals surface area contributed by atoms with Crippen LogP contribution in [0.3, 0.4) is 0 Å². The molecule has 2 fully saturated rings. The predicted molar refractivity (Wildman–Crippen MR) is 48.5 cm³/mol. The summed E-state index contributed by atoms with van der Waals surface area (Å²) in [7, 11) is 0. The summed E-state index contributed by atoms with van der Waals surface area (Å²) in [4.78, 5) is 0. The van der Waals surface area contributed by atoms with E-state index in [0.29, 0.717) is 12.5 Å². The highest BCUT2D eigenvalue weighted by atomic mass is 16.3. The summed E-state index contributed by atoms with van der Waals surface area (Å²) in [5.74, 6) is 2.78. The van der Waals surface area contributed by atoms with Crippen LogP contribution < -0.4 is 5.73 Å². The number of aliphatic hydroxyl groups excluding tert-OH is 1. The smallest absolute Gasteiger partial charge is 0.0606 e. The van der Waals surface area contributed by atoms with E-state index in [1.165, 1.54) is 19.3 Å². The third kappa shape index (κ3) is 1.38. The van der Waals surface area contributed by atoms with Crippen LogP contribution in [0, 0.1) is 23.7 Å². The van der Waals surface area contributed by atoms with Crippen molar-refractivity contribution in [2.45, 2.75) is 32.3 Å². The molecule has 2 aliphatic carbocycles. The fourth-order valence-electron chi connectivity index (χ4n) is 2.64. The standard InChI is InChI=1S/C10H19NO/c1-6(5-11)10(12)9-3-7-2-8(7)4-9/h6-10,12H,2-5,11H2,1H3. The van der Waals surface area contributed by atoms with Crippen LogP contribution in [0.15, 0.2) is 0 Å². The molecule has 0 heterocycles. The van der Waals surface area contributed by atoms with Crippen molar-refractivity contribution in [2.75, 3.05) is 6.54 Å². The van der Waals surface area contributed by atoms with E-state index in [9.17, 15) is 5.11 Å². The lowest BCUT2D eigenvalue weighted by molar-refractivity contribution is 0.0578. The van der Waals surface area contributed by atoms with Gasteiger partial charge in [0.2, 0.25) is 0 Å². The second kappa shape index (κ2) is 3.00. The van der Waals surface area contributed by atoms with Crippen LogP contribution in [-0.4, -0.2) is 17.8 Å². The number of hydrogen-bond donors (Lipinski definition) is 2. The van der Waals surface area contributed by atoms with Crippen molar-refractivity contribution in [3.63, 3.8) is 0 Å². The lowest BCUT2D eigenvalue weighted by atomic mass is 9.89. The Hall–Kier alpha value is -0.0800. The monoisotopic (exact) mass is 169 g/mol. The molecule has 0 aromatic rings. The maximum atomic E-state index is 9.88. The molecule has 2 nitrogen and oxygen atoms in total. The Kier molecular flexibility index (Phi) is 2.13. The summed E-state index contributed by atoms with van der Waals surface area (Å²) in [5, 5.41) is 9.88. The van der Waals surface area contributed by atoms with Crippen LogP contribution in [0.4, 0.5) is 0 Å². The molecule has 2 rings (SSSR count). The third-order valence-electron chi connectivity index (χ3n) is 3.72. The Labute approximate surface area is 74.1 Å². The second-order valence-corrected chi connectivity index (χ2v) is 4.69. The highest BCUT2D eigenvalue weighted by Gasteiger charge is 2.48. The molecule has 0 aromatic heterocycles. The SMILES string of the molecule is CC(CN)C(O)C1CC2CC2C1. The molecule has 4 atom stereocenters. The summed E-state index contributed by atoms with van der Waals surface area (Å²) in [6.45, 7) is 2.67. The predicted octanol–water partition coefficient (Wildman–Crippen LogP) is 0.988. The number of hydrogen-bond acceptors (Lipinski definition) is 2. The fraction of sp³-hybridized carbons (Fsp3) is 1.00. The Balaban J connectivity index is 1.84.